The molecule has 2 aliphatic carbocycles. The fraction of sp³-hybridized carbons (Fsp3) is 0.500. The summed E-state index contributed by atoms with van der Waals surface area (Å²) in [6, 6.07) is 0. The summed E-state index contributed by atoms with van der Waals surface area (Å²) in [6.07, 6.45) is 25.9. The molecule has 228 valence electrons. The van der Waals surface area contributed by atoms with Crippen molar-refractivity contribution >= 4 is 0 Å². The van der Waals surface area contributed by atoms with E-state index >= 15 is 0 Å². The van der Waals surface area contributed by atoms with Crippen molar-refractivity contribution in [3.8, 4) is 11.8 Å². The van der Waals surface area contributed by atoms with Gasteiger partial charge in [-0.05, 0) is 91.1 Å². The van der Waals surface area contributed by atoms with Crippen molar-refractivity contribution in [3.63, 3.8) is 0 Å². The van der Waals surface area contributed by atoms with Crippen molar-refractivity contribution in [3.05, 3.63) is 105 Å². The highest BCUT2D eigenvalue weighted by molar-refractivity contribution is 5.45. The van der Waals surface area contributed by atoms with Crippen LogP contribution in [-0.2, 0) is 0 Å². The number of hydrogen-bond donors (Lipinski definition) is 2. The lowest BCUT2D eigenvalue weighted by Gasteiger charge is -2.37. The minimum absolute atomic E-state index is 0.0787. The third kappa shape index (κ3) is 11.8. The van der Waals surface area contributed by atoms with Gasteiger partial charge in [0.25, 0.3) is 0 Å². The zero-order valence-corrected chi connectivity index (χ0v) is 28.1. The molecule has 2 aliphatic rings. The highest BCUT2D eigenvalue weighted by atomic mass is 16.3. The number of allylic oxidation sites excluding steroid dienone is 16. The van der Waals surface area contributed by atoms with Crippen LogP contribution in [0.25, 0.3) is 0 Å². The normalized spacial score (nSPS) is 24.3. The van der Waals surface area contributed by atoms with Crippen molar-refractivity contribution < 1.29 is 10.2 Å². The molecule has 0 aliphatic heterocycles. The lowest BCUT2D eigenvalue weighted by atomic mass is 9.70. The molecule has 2 atom stereocenters. The second kappa shape index (κ2) is 16.1. The van der Waals surface area contributed by atoms with E-state index in [4.69, 9.17) is 0 Å². The Hall–Kier alpha value is -2.86. The Morgan fingerprint density at radius 2 is 1.26 bits per heavy atom. The number of rotatable bonds is 9. The van der Waals surface area contributed by atoms with Crippen molar-refractivity contribution in [1.82, 2.24) is 0 Å². The van der Waals surface area contributed by atoms with E-state index in [1.807, 2.05) is 6.92 Å². The van der Waals surface area contributed by atoms with Gasteiger partial charge in [0.2, 0.25) is 0 Å². The maximum absolute atomic E-state index is 10.1. The molecule has 0 amide bonds. The first-order valence-corrected chi connectivity index (χ1v) is 15.6. The van der Waals surface area contributed by atoms with Crippen molar-refractivity contribution in [2.24, 2.45) is 10.8 Å². The fourth-order valence-corrected chi connectivity index (χ4v) is 6.31. The van der Waals surface area contributed by atoms with E-state index in [1.54, 1.807) is 0 Å². The molecular formula is C40H56O2. The molecule has 0 saturated carbocycles. The predicted molar refractivity (Wildman–Crippen MR) is 183 cm³/mol. The van der Waals surface area contributed by atoms with E-state index in [9.17, 15) is 10.2 Å². The van der Waals surface area contributed by atoms with Gasteiger partial charge in [0.05, 0.1) is 12.2 Å². The predicted octanol–water partition coefficient (Wildman–Crippen LogP) is 10.2. The lowest BCUT2D eigenvalue weighted by Crippen LogP contribution is -2.29. The minimum atomic E-state index is -0.258. The van der Waals surface area contributed by atoms with Crippen LogP contribution in [0.2, 0.25) is 0 Å². The smallest absolute Gasteiger partial charge is 0.0586 e. The Bertz CT molecular complexity index is 1300. The summed E-state index contributed by atoms with van der Waals surface area (Å²) in [4.78, 5) is 0. The molecule has 0 bridgehead atoms. The van der Waals surface area contributed by atoms with Crippen LogP contribution in [0.5, 0.6) is 0 Å². The van der Waals surface area contributed by atoms with Crippen LogP contribution in [0.4, 0.5) is 0 Å². The van der Waals surface area contributed by atoms with Crippen LogP contribution in [0.1, 0.15) is 108 Å². The molecule has 2 nitrogen and oxygen atoms in total. The monoisotopic (exact) mass is 568 g/mol. The minimum Gasteiger partial charge on any atom is -0.393 e. The quantitative estimate of drug-likeness (QED) is 0.165. The molecule has 42 heavy (non-hydrogen) atoms. The first-order chi connectivity index (χ1) is 19.6. The molecule has 0 aromatic carbocycles. The van der Waals surface area contributed by atoms with Crippen LogP contribution in [-0.4, -0.2) is 22.4 Å². The Balaban J connectivity index is 1.87. The summed E-state index contributed by atoms with van der Waals surface area (Å²) in [5.41, 5.74) is 10.1. The van der Waals surface area contributed by atoms with Crippen molar-refractivity contribution in [2.75, 3.05) is 0 Å². The highest BCUT2D eigenvalue weighted by Gasteiger charge is 2.33. The molecular weight excluding hydrogens is 512 g/mol. The molecule has 0 fully saturated rings. The molecule has 0 saturated heterocycles. The average Bonchev–Trinajstić information content (AvgIpc) is 2.84. The van der Waals surface area contributed by atoms with Crippen LogP contribution in [0.3, 0.4) is 0 Å². The second-order valence-corrected chi connectivity index (χ2v) is 13.8. The maximum atomic E-state index is 10.1. The third-order valence-corrected chi connectivity index (χ3v) is 8.44. The second-order valence-electron chi connectivity index (χ2n) is 13.8. The number of aliphatic hydroxyl groups excluding tert-OH is 2. The third-order valence-electron chi connectivity index (χ3n) is 8.44. The van der Waals surface area contributed by atoms with Gasteiger partial charge in [0.1, 0.15) is 0 Å². The van der Waals surface area contributed by atoms with Gasteiger partial charge in [0.15, 0.2) is 0 Å². The molecule has 2 rings (SSSR count). The molecule has 2 N–H and O–H groups in total. The van der Waals surface area contributed by atoms with Gasteiger partial charge in [-0.15, -0.1) is 0 Å². The van der Waals surface area contributed by atoms with E-state index in [0.29, 0.717) is 0 Å². The first kappa shape index (κ1) is 35.3. The average molecular weight is 569 g/mol. The summed E-state index contributed by atoms with van der Waals surface area (Å²) >= 11 is 0. The number of aliphatic hydroxyl groups is 2. The largest absolute Gasteiger partial charge is 0.393 e. The summed E-state index contributed by atoms with van der Waals surface area (Å²) in [6.45, 7) is 21.6. The summed E-state index contributed by atoms with van der Waals surface area (Å²) in [7, 11) is 0. The standard InChI is InChI=1S/C40H56O2/c1-29(17-13-19-31(3)21-23-37-33(5)25-35(41)27-39(37,7)8)15-11-12-16-30(2)18-14-20-32(4)22-24-38-34(6)26-36(42)28-40(38,9)10/h11-20,35-36,41-42H,21,23,25-28H2,1-10H3/b12-11+,17-13+,18-14+,29-15+,30-16+,31-19+,32-20+/t35-,36-/m1/s1. The van der Waals surface area contributed by atoms with E-state index in [0.717, 1.165) is 44.1 Å². The van der Waals surface area contributed by atoms with E-state index in [2.05, 4.69) is 135 Å². The summed E-state index contributed by atoms with van der Waals surface area (Å²) < 4.78 is 0. The van der Waals surface area contributed by atoms with Gasteiger partial charge in [0, 0.05) is 11.0 Å². The van der Waals surface area contributed by atoms with E-state index in [1.165, 1.54) is 39.0 Å². The highest BCUT2D eigenvalue weighted by Crippen LogP contribution is 2.43. The molecule has 0 heterocycles. The van der Waals surface area contributed by atoms with Gasteiger partial charge in [-0.1, -0.05) is 134 Å². The Morgan fingerprint density at radius 1 is 0.738 bits per heavy atom. The Kier molecular flexibility index (Phi) is 13.6. The number of hydrogen-bond acceptors (Lipinski definition) is 2. The SMILES string of the molecule is CC1=C(C#C/C(C)=C/C=C/C(C)=C/C=C/C=C(C)/C=C/C=C(\C)CCC2=C(C)C[C@@H](O)CC2(C)C)C(C)(C)C[C@H](O)C1. The zero-order valence-electron chi connectivity index (χ0n) is 28.1. The lowest BCUT2D eigenvalue weighted by molar-refractivity contribution is 0.113. The molecule has 0 unspecified atom stereocenters. The molecule has 0 radical (unpaired) electrons. The van der Waals surface area contributed by atoms with Crippen molar-refractivity contribution in [1.29, 1.82) is 0 Å². The van der Waals surface area contributed by atoms with Gasteiger partial charge in [-0.3, -0.25) is 0 Å². The van der Waals surface area contributed by atoms with E-state index in [-0.39, 0.29) is 23.0 Å². The Labute approximate surface area is 257 Å². The van der Waals surface area contributed by atoms with Crippen LogP contribution < -0.4 is 0 Å². The maximum Gasteiger partial charge on any atom is 0.0586 e. The van der Waals surface area contributed by atoms with Gasteiger partial charge in [-0.2, -0.15) is 0 Å². The topological polar surface area (TPSA) is 40.5 Å². The zero-order chi connectivity index (χ0) is 31.5. The fourth-order valence-electron chi connectivity index (χ4n) is 6.31. The van der Waals surface area contributed by atoms with E-state index < -0.39 is 0 Å². The van der Waals surface area contributed by atoms with Crippen LogP contribution in [0, 0.1) is 22.7 Å². The molecule has 0 spiro atoms. The first-order valence-electron chi connectivity index (χ1n) is 15.6. The van der Waals surface area contributed by atoms with Gasteiger partial charge < -0.3 is 10.2 Å². The molecule has 0 aromatic heterocycles. The summed E-state index contributed by atoms with van der Waals surface area (Å²) in [5, 5.41) is 20.2. The molecule has 0 aromatic rings. The Morgan fingerprint density at radius 3 is 1.81 bits per heavy atom. The van der Waals surface area contributed by atoms with Gasteiger partial charge in [-0.25, -0.2) is 0 Å². The van der Waals surface area contributed by atoms with Crippen LogP contribution >= 0.6 is 0 Å². The summed E-state index contributed by atoms with van der Waals surface area (Å²) in [5.74, 6) is 6.69. The van der Waals surface area contributed by atoms with Crippen molar-refractivity contribution in [2.45, 2.75) is 120 Å². The molecule has 2 heteroatoms. The van der Waals surface area contributed by atoms with Crippen LogP contribution in [0.15, 0.2) is 105 Å². The van der Waals surface area contributed by atoms with Gasteiger partial charge >= 0.3 is 0 Å².